The van der Waals surface area contributed by atoms with Crippen molar-refractivity contribution >= 4 is 33.9 Å². The average molecular weight is 507 g/mol. The highest BCUT2D eigenvalue weighted by Gasteiger charge is 2.38. The van der Waals surface area contributed by atoms with Crippen molar-refractivity contribution in [3.8, 4) is 0 Å². The van der Waals surface area contributed by atoms with E-state index in [9.17, 15) is 22.8 Å². The van der Waals surface area contributed by atoms with Gasteiger partial charge in [-0.2, -0.15) is 18.3 Å². The Bertz CT molecular complexity index is 1310. The Morgan fingerprint density at radius 3 is 2.71 bits per heavy atom. The second-order valence-corrected chi connectivity index (χ2v) is 10.2. The first-order valence-corrected chi connectivity index (χ1v) is 12.6. The molecule has 0 aliphatic heterocycles. The molecule has 0 bridgehead atoms. The van der Waals surface area contributed by atoms with E-state index in [2.05, 4.69) is 15.4 Å². The van der Waals surface area contributed by atoms with Crippen molar-refractivity contribution in [2.45, 2.75) is 77.0 Å². The SMILES string of the molecule is CCC(C)OC(=O)c1c(NC(=O)c2cnn3c(C(F)(F)F)cc(C4CC4)nc23)sc2c1CCCC2. The minimum Gasteiger partial charge on any atom is -0.459 e. The molecule has 186 valence electrons. The number of anilines is 1. The van der Waals surface area contributed by atoms with Crippen LogP contribution in [0.15, 0.2) is 12.3 Å². The number of alkyl halides is 3. The molecule has 2 aliphatic carbocycles. The van der Waals surface area contributed by atoms with Crippen molar-refractivity contribution in [3.05, 3.63) is 45.2 Å². The van der Waals surface area contributed by atoms with E-state index in [0.29, 0.717) is 33.6 Å². The van der Waals surface area contributed by atoms with Crippen LogP contribution in [0.3, 0.4) is 0 Å². The lowest BCUT2D eigenvalue weighted by Gasteiger charge is -2.15. The Morgan fingerprint density at radius 1 is 1.29 bits per heavy atom. The number of nitrogens with zero attached hydrogens (tertiary/aromatic N) is 3. The van der Waals surface area contributed by atoms with Gasteiger partial charge in [0.15, 0.2) is 5.65 Å². The Kier molecular flexibility index (Phi) is 6.06. The molecule has 1 N–H and O–H groups in total. The largest absolute Gasteiger partial charge is 0.459 e. The van der Waals surface area contributed by atoms with Gasteiger partial charge in [-0.05, 0) is 63.5 Å². The van der Waals surface area contributed by atoms with Crippen molar-refractivity contribution in [1.29, 1.82) is 0 Å². The first-order chi connectivity index (χ1) is 16.7. The van der Waals surface area contributed by atoms with Crippen molar-refractivity contribution < 1.29 is 27.5 Å². The summed E-state index contributed by atoms with van der Waals surface area (Å²) in [5.74, 6) is -1.20. The van der Waals surface area contributed by atoms with Gasteiger partial charge in [0.25, 0.3) is 5.91 Å². The number of aromatic nitrogens is 3. The van der Waals surface area contributed by atoms with Crippen LogP contribution in [-0.4, -0.2) is 32.6 Å². The molecule has 0 spiro atoms. The molecule has 3 aromatic heterocycles. The van der Waals surface area contributed by atoms with E-state index in [0.717, 1.165) is 54.8 Å². The lowest BCUT2D eigenvalue weighted by molar-refractivity contribution is -0.142. The molecule has 35 heavy (non-hydrogen) atoms. The molecule has 3 heterocycles. The number of ether oxygens (including phenoxy) is 1. The molecule has 7 nitrogen and oxygen atoms in total. The summed E-state index contributed by atoms with van der Waals surface area (Å²) in [7, 11) is 0. The first kappa shape index (κ1) is 23.8. The molecule has 0 saturated heterocycles. The Hall–Kier alpha value is -2.95. The van der Waals surface area contributed by atoms with Crippen LogP contribution in [0.1, 0.15) is 94.4 Å². The van der Waals surface area contributed by atoms with Crippen molar-refractivity contribution in [3.63, 3.8) is 0 Å². The lowest BCUT2D eigenvalue weighted by Crippen LogP contribution is -2.19. The number of carbonyl (C=O) groups excluding carboxylic acids is 2. The van der Waals surface area contributed by atoms with Gasteiger partial charge >= 0.3 is 12.1 Å². The third-order valence-corrected chi connectivity index (χ3v) is 7.72. The maximum Gasteiger partial charge on any atom is 0.433 e. The van der Waals surface area contributed by atoms with E-state index in [1.54, 1.807) is 6.92 Å². The van der Waals surface area contributed by atoms with E-state index in [1.807, 2.05) is 6.92 Å². The smallest absolute Gasteiger partial charge is 0.433 e. The normalized spacial score (nSPS) is 16.7. The predicted molar refractivity (Wildman–Crippen MR) is 124 cm³/mol. The number of carbonyl (C=O) groups is 2. The van der Waals surface area contributed by atoms with E-state index in [4.69, 9.17) is 4.74 Å². The third-order valence-electron chi connectivity index (χ3n) is 6.51. The van der Waals surface area contributed by atoms with Gasteiger partial charge in [-0.1, -0.05) is 6.92 Å². The summed E-state index contributed by atoms with van der Waals surface area (Å²) in [4.78, 5) is 31.7. The highest BCUT2D eigenvalue weighted by atomic mass is 32.1. The molecule has 1 saturated carbocycles. The van der Waals surface area contributed by atoms with Crippen molar-refractivity contribution in [2.24, 2.45) is 0 Å². The fourth-order valence-electron chi connectivity index (χ4n) is 4.30. The van der Waals surface area contributed by atoms with Gasteiger partial charge in [-0.15, -0.1) is 11.3 Å². The third kappa shape index (κ3) is 4.53. The van der Waals surface area contributed by atoms with Gasteiger partial charge in [0.1, 0.15) is 16.3 Å². The van der Waals surface area contributed by atoms with Crippen LogP contribution in [0.2, 0.25) is 0 Å². The van der Waals surface area contributed by atoms with Gasteiger partial charge < -0.3 is 10.1 Å². The fourth-order valence-corrected chi connectivity index (χ4v) is 5.57. The Balaban J connectivity index is 1.53. The number of nitrogens with one attached hydrogen (secondary N) is 1. The summed E-state index contributed by atoms with van der Waals surface area (Å²) >= 11 is 1.32. The van der Waals surface area contributed by atoms with Crippen LogP contribution in [0.25, 0.3) is 5.65 Å². The quantitative estimate of drug-likeness (QED) is 0.429. The minimum atomic E-state index is -4.65. The first-order valence-electron chi connectivity index (χ1n) is 11.8. The molecule has 1 unspecified atom stereocenters. The molecule has 0 radical (unpaired) electrons. The number of amides is 1. The number of aryl methyl sites for hydroxylation is 1. The molecule has 1 amide bonds. The zero-order valence-corrected chi connectivity index (χ0v) is 20.2. The molecular weight excluding hydrogens is 481 g/mol. The Morgan fingerprint density at radius 2 is 2.03 bits per heavy atom. The van der Waals surface area contributed by atoms with Gasteiger partial charge in [0, 0.05) is 16.5 Å². The maximum atomic E-state index is 13.7. The molecule has 1 atom stereocenters. The van der Waals surface area contributed by atoms with Gasteiger partial charge in [-0.3, -0.25) is 4.79 Å². The van der Waals surface area contributed by atoms with Gasteiger partial charge in [0.2, 0.25) is 0 Å². The number of thiophene rings is 1. The number of hydrogen-bond acceptors (Lipinski definition) is 6. The zero-order valence-electron chi connectivity index (χ0n) is 19.4. The van der Waals surface area contributed by atoms with E-state index < -0.39 is 23.7 Å². The van der Waals surface area contributed by atoms with Crippen molar-refractivity contribution in [1.82, 2.24) is 14.6 Å². The highest BCUT2D eigenvalue weighted by Crippen LogP contribution is 2.42. The lowest BCUT2D eigenvalue weighted by atomic mass is 9.95. The van der Waals surface area contributed by atoms with Gasteiger partial charge in [-0.25, -0.2) is 14.3 Å². The van der Waals surface area contributed by atoms with Crippen LogP contribution >= 0.6 is 11.3 Å². The topological polar surface area (TPSA) is 85.6 Å². The van der Waals surface area contributed by atoms with Crippen LogP contribution in [0.4, 0.5) is 18.2 Å². The second kappa shape index (κ2) is 8.92. The average Bonchev–Trinajstić information content (AvgIpc) is 3.47. The number of fused-ring (bicyclic) bond motifs is 2. The number of halogens is 3. The van der Waals surface area contributed by atoms with Crippen LogP contribution in [0.5, 0.6) is 0 Å². The second-order valence-electron chi connectivity index (χ2n) is 9.13. The van der Waals surface area contributed by atoms with Crippen LogP contribution in [0, 0.1) is 0 Å². The van der Waals surface area contributed by atoms with Crippen LogP contribution < -0.4 is 5.32 Å². The molecular formula is C24H25F3N4O3S. The number of rotatable bonds is 6. The standard InChI is InChI=1S/C24H25F3N4O3S/c1-3-12(2)34-23(33)19-14-6-4-5-7-17(14)35-22(19)30-21(32)15-11-28-31-18(24(25,26)27)10-16(13-8-9-13)29-20(15)31/h10-13H,3-9H2,1-2H3,(H,30,32). The molecule has 1 fully saturated rings. The molecule has 11 heteroatoms. The molecule has 3 aromatic rings. The van der Waals surface area contributed by atoms with E-state index in [1.165, 1.54) is 11.3 Å². The number of hydrogen-bond donors (Lipinski definition) is 1. The van der Waals surface area contributed by atoms with Crippen LogP contribution in [-0.2, 0) is 23.8 Å². The highest BCUT2D eigenvalue weighted by molar-refractivity contribution is 7.17. The van der Waals surface area contributed by atoms with E-state index >= 15 is 0 Å². The van der Waals surface area contributed by atoms with Gasteiger partial charge in [0.05, 0.1) is 17.9 Å². The molecule has 0 aromatic carbocycles. The summed E-state index contributed by atoms with van der Waals surface area (Å²) < 4.78 is 47.3. The van der Waals surface area contributed by atoms with E-state index in [-0.39, 0.29) is 23.2 Å². The summed E-state index contributed by atoms with van der Waals surface area (Å²) in [6.45, 7) is 3.71. The number of esters is 1. The maximum absolute atomic E-state index is 13.7. The summed E-state index contributed by atoms with van der Waals surface area (Å²) in [5, 5.41) is 6.94. The molecule has 5 rings (SSSR count). The monoisotopic (exact) mass is 506 g/mol. The predicted octanol–water partition coefficient (Wildman–Crippen LogP) is 5.77. The summed E-state index contributed by atoms with van der Waals surface area (Å²) in [6.07, 6.45) is 1.78. The van der Waals surface area contributed by atoms with Crippen molar-refractivity contribution in [2.75, 3.05) is 5.32 Å². The molecule has 2 aliphatic rings. The zero-order chi connectivity index (χ0) is 24.9. The minimum absolute atomic E-state index is 0.0436. The Labute approximate surface area is 203 Å². The summed E-state index contributed by atoms with van der Waals surface area (Å²) in [6, 6.07) is 1.01. The summed E-state index contributed by atoms with van der Waals surface area (Å²) in [5.41, 5.74) is 0.349. The fraction of sp³-hybridized carbons (Fsp3) is 0.500.